The number of amides is 1. The Bertz CT molecular complexity index is 700. The SMILES string of the molecule is COc1ccccc1CNC(=O)CN1CCCCc2ccccc21. The molecule has 0 aliphatic carbocycles. The molecule has 0 saturated carbocycles. The van der Waals surface area contributed by atoms with E-state index in [4.69, 9.17) is 4.74 Å². The van der Waals surface area contributed by atoms with E-state index in [0.29, 0.717) is 13.1 Å². The first-order valence-corrected chi connectivity index (χ1v) is 8.49. The zero-order valence-electron chi connectivity index (χ0n) is 14.1. The van der Waals surface area contributed by atoms with Crippen molar-refractivity contribution in [1.29, 1.82) is 0 Å². The highest BCUT2D eigenvalue weighted by Gasteiger charge is 2.17. The molecule has 1 amide bonds. The molecule has 24 heavy (non-hydrogen) atoms. The van der Waals surface area contributed by atoms with Gasteiger partial charge in [0.2, 0.25) is 5.91 Å². The summed E-state index contributed by atoms with van der Waals surface area (Å²) in [6.45, 7) is 1.81. The van der Waals surface area contributed by atoms with Crippen molar-refractivity contribution in [2.45, 2.75) is 25.8 Å². The number of nitrogens with zero attached hydrogens (tertiary/aromatic N) is 1. The Hall–Kier alpha value is -2.49. The number of carbonyl (C=O) groups excluding carboxylic acids is 1. The van der Waals surface area contributed by atoms with Gasteiger partial charge in [0.1, 0.15) is 5.75 Å². The van der Waals surface area contributed by atoms with E-state index in [1.807, 2.05) is 30.3 Å². The first kappa shape index (κ1) is 16.4. The van der Waals surface area contributed by atoms with Gasteiger partial charge in [-0.15, -0.1) is 0 Å². The fraction of sp³-hybridized carbons (Fsp3) is 0.350. The van der Waals surface area contributed by atoms with E-state index in [1.54, 1.807) is 7.11 Å². The quantitative estimate of drug-likeness (QED) is 0.918. The van der Waals surface area contributed by atoms with Gasteiger partial charge in [0, 0.05) is 24.3 Å². The molecule has 0 bridgehead atoms. The number of para-hydroxylation sites is 2. The van der Waals surface area contributed by atoms with Gasteiger partial charge in [-0.3, -0.25) is 4.79 Å². The lowest BCUT2D eigenvalue weighted by molar-refractivity contribution is -0.119. The molecule has 126 valence electrons. The monoisotopic (exact) mass is 324 g/mol. The molecule has 2 aromatic carbocycles. The van der Waals surface area contributed by atoms with Crippen LogP contribution < -0.4 is 15.0 Å². The summed E-state index contributed by atoms with van der Waals surface area (Å²) in [5, 5.41) is 3.01. The Morgan fingerprint density at radius 2 is 1.92 bits per heavy atom. The molecule has 1 aliphatic rings. The number of rotatable bonds is 5. The summed E-state index contributed by atoms with van der Waals surface area (Å²) in [5.74, 6) is 0.843. The summed E-state index contributed by atoms with van der Waals surface area (Å²) >= 11 is 0. The summed E-state index contributed by atoms with van der Waals surface area (Å²) in [5.41, 5.74) is 3.53. The van der Waals surface area contributed by atoms with E-state index >= 15 is 0 Å². The van der Waals surface area contributed by atoms with E-state index in [2.05, 4.69) is 28.4 Å². The average Bonchev–Trinajstić information content (AvgIpc) is 2.83. The van der Waals surface area contributed by atoms with Gasteiger partial charge in [-0.2, -0.15) is 0 Å². The highest BCUT2D eigenvalue weighted by Crippen LogP contribution is 2.25. The summed E-state index contributed by atoms with van der Waals surface area (Å²) in [6.07, 6.45) is 3.39. The lowest BCUT2D eigenvalue weighted by Gasteiger charge is -2.24. The number of fused-ring (bicyclic) bond motifs is 1. The molecule has 1 aliphatic heterocycles. The standard InChI is InChI=1S/C20H24N2O2/c1-24-19-12-5-3-10-17(19)14-21-20(23)15-22-13-7-6-9-16-8-2-4-11-18(16)22/h2-5,8,10-12H,6-7,9,13-15H2,1H3,(H,21,23). The number of carbonyl (C=O) groups is 1. The van der Waals surface area contributed by atoms with Crippen LogP contribution in [0.3, 0.4) is 0 Å². The fourth-order valence-electron chi connectivity index (χ4n) is 3.21. The number of hydrogen-bond acceptors (Lipinski definition) is 3. The molecule has 4 nitrogen and oxygen atoms in total. The third-order valence-corrected chi connectivity index (χ3v) is 4.46. The summed E-state index contributed by atoms with van der Waals surface area (Å²) in [4.78, 5) is 14.6. The number of aryl methyl sites for hydroxylation is 1. The third-order valence-electron chi connectivity index (χ3n) is 4.46. The molecule has 0 fully saturated rings. The molecule has 1 N–H and O–H groups in total. The molecule has 1 heterocycles. The lowest BCUT2D eigenvalue weighted by Crippen LogP contribution is -2.37. The van der Waals surface area contributed by atoms with Crippen LogP contribution in [0.2, 0.25) is 0 Å². The molecule has 0 unspecified atom stereocenters. The Kier molecular flexibility index (Phi) is 5.36. The maximum Gasteiger partial charge on any atom is 0.239 e. The van der Waals surface area contributed by atoms with E-state index in [-0.39, 0.29) is 5.91 Å². The van der Waals surface area contributed by atoms with Gasteiger partial charge < -0.3 is 15.0 Å². The number of anilines is 1. The first-order chi connectivity index (χ1) is 11.8. The van der Waals surface area contributed by atoms with Crippen LogP contribution in [-0.2, 0) is 17.8 Å². The van der Waals surface area contributed by atoms with E-state index < -0.39 is 0 Å². The topological polar surface area (TPSA) is 41.6 Å². The number of hydrogen-bond donors (Lipinski definition) is 1. The number of nitrogens with one attached hydrogen (secondary N) is 1. The normalized spacial score (nSPS) is 13.8. The number of methoxy groups -OCH3 is 1. The maximum absolute atomic E-state index is 12.4. The van der Waals surface area contributed by atoms with Crippen LogP contribution in [0.5, 0.6) is 5.75 Å². The predicted molar refractivity (Wildman–Crippen MR) is 96.4 cm³/mol. The van der Waals surface area contributed by atoms with Crippen molar-refractivity contribution in [2.24, 2.45) is 0 Å². The molecule has 4 heteroatoms. The van der Waals surface area contributed by atoms with Gasteiger partial charge in [0.05, 0.1) is 13.7 Å². The summed E-state index contributed by atoms with van der Waals surface area (Å²) < 4.78 is 5.33. The highest BCUT2D eigenvalue weighted by atomic mass is 16.5. The van der Waals surface area contributed by atoms with Crippen molar-refractivity contribution in [3.8, 4) is 5.75 Å². The maximum atomic E-state index is 12.4. The van der Waals surface area contributed by atoms with Crippen LogP contribution in [0, 0.1) is 0 Å². The van der Waals surface area contributed by atoms with Crippen molar-refractivity contribution >= 4 is 11.6 Å². The van der Waals surface area contributed by atoms with Gasteiger partial charge in [0.15, 0.2) is 0 Å². The van der Waals surface area contributed by atoms with Crippen molar-refractivity contribution in [2.75, 3.05) is 25.1 Å². The molecule has 2 aromatic rings. The lowest BCUT2D eigenvalue weighted by atomic mass is 10.1. The Labute approximate surface area is 143 Å². The molecule has 0 atom stereocenters. The van der Waals surface area contributed by atoms with E-state index in [9.17, 15) is 4.79 Å². The van der Waals surface area contributed by atoms with Gasteiger partial charge in [-0.25, -0.2) is 0 Å². The third kappa shape index (κ3) is 3.88. The molecular weight excluding hydrogens is 300 g/mol. The minimum atomic E-state index is 0.0395. The van der Waals surface area contributed by atoms with E-state index in [0.717, 1.165) is 30.7 Å². The van der Waals surface area contributed by atoms with Gasteiger partial charge in [-0.05, 0) is 37.0 Å². The van der Waals surface area contributed by atoms with E-state index in [1.165, 1.54) is 17.7 Å². The predicted octanol–water partition coefficient (Wildman–Crippen LogP) is 3.15. The molecule has 3 rings (SSSR count). The summed E-state index contributed by atoms with van der Waals surface area (Å²) in [7, 11) is 1.65. The Balaban J connectivity index is 1.63. The smallest absolute Gasteiger partial charge is 0.239 e. The van der Waals surface area contributed by atoms with Gasteiger partial charge >= 0.3 is 0 Å². The largest absolute Gasteiger partial charge is 0.496 e. The minimum absolute atomic E-state index is 0.0395. The van der Waals surface area contributed by atoms with Crippen LogP contribution in [0.15, 0.2) is 48.5 Å². The summed E-state index contributed by atoms with van der Waals surface area (Å²) in [6, 6.07) is 16.2. The second kappa shape index (κ2) is 7.86. The minimum Gasteiger partial charge on any atom is -0.496 e. The number of benzene rings is 2. The van der Waals surface area contributed by atoms with Crippen LogP contribution in [0.1, 0.15) is 24.0 Å². The van der Waals surface area contributed by atoms with Crippen molar-refractivity contribution < 1.29 is 9.53 Å². The number of ether oxygens (including phenoxy) is 1. The van der Waals surface area contributed by atoms with Crippen LogP contribution in [-0.4, -0.2) is 26.1 Å². The molecule has 0 saturated heterocycles. The molecule has 0 spiro atoms. The second-order valence-corrected chi connectivity index (χ2v) is 6.10. The Morgan fingerprint density at radius 1 is 1.12 bits per heavy atom. The molecule has 0 aromatic heterocycles. The van der Waals surface area contributed by atoms with Crippen LogP contribution in [0.25, 0.3) is 0 Å². The van der Waals surface area contributed by atoms with Gasteiger partial charge in [0.25, 0.3) is 0 Å². The van der Waals surface area contributed by atoms with Crippen LogP contribution in [0.4, 0.5) is 5.69 Å². The zero-order chi connectivity index (χ0) is 16.8. The highest BCUT2D eigenvalue weighted by molar-refractivity contribution is 5.81. The molecular formula is C20H24N2O2. The van der Waals surface area contributed by atoms with Crippen LogP contribution >= 0.6 is 0 Å². The second-order valence-electron chi connectivity index (χ2n) is 6.10. The van der Waals surface area contributed by atoms with Gasteiger partial charge in [-0.1, -0.05) is 36.4 Å². The molecule has 0 radical (unpaired) electrons. The van der Waals surface area contributed by atoms with Crippen molar-refractivity contribution in [3.63, 3.8) is 0 Å². The Morgan fingerprint density at radius 3 is 2.79 bits per heavy atom. The van der Waals surface area contributed by atoms with Crippen molar-refractivity contribution in [1.82, 2.24) is 5.32 Å². The van der Waals surface area contributed by atoms with Crippen molar-refractivity contribution in [3.05, 3.63) is 59.7 Å². The fourth-order valence-corrected chi connectivity index (χ4v) is 3.21. The first-order valence-electron chi connectivity index (χ1n) is 8.49. The zero-order valence-corrected chi connectivity index (χ0v) is 14.1. The average molecular weight is 324 g/mol.